The molecule has 2 rings (SSSR count). The normalized spacial score (nSPS) is 11.2. The van der Waals surface area contributed by atoms with Gasteiger partial charge in [0.2, 0.25) is 0 Å². The summed E-state index contributed by atoms with van der Waals surface area (Å²) in [5, 5.41) is 10.5. The van der Waals surface area contributed by atoms with E-state index < -0.39 is 20.6 Å². The van der Waals surface area contributed by atoms with Gasteiger partial charge >= 0.3 is 5.69 Å². The molecule has 106 valence electrons. The van der Waals surface area contributed by atoms with Crippen LogP contribution in [-0.4, -0.2) is 18.3 Å². The molecule has 0 unspecified atom stereocenters. The lowest BCUT2D eigenvalue weighted by atomic mass is 10.5. The van der Waals surface area contributed by atoms with Gasteiger partial charge in [-0.2, -0.15) is 0 Å². The third kappa shape index (κ3) is 2.89. The van der Waals surface area contributed by atoms with Crippen LogP contribution in [0.3, 0.4) is 0 Å². The van der Waals surface area contributed by atoms with Gasteiger partial charge in [0.05, 0.1) is 9.40 Å². The number of pyridine rings is 1. The molecule has 0 aromatic carbocycles. The van der Waals surface area contributed by atoms with Crippen LogP contribution in [0.15, 0.2) is 33.1 Å². The Morgan fingerprint density at radius 2 is 2.20 bits per heavy atom. The average molecular weight is 379 g/mol. The molecule has 11 heteroatoms. The summed E-state index contributed by atoms with van der Waals surface area (Å²) in [6.45, 7) is 0. The fourth-order valence-corrected chi connectivity index (χ4v) is 4.01. The van der Waals surface area contributed by atoms with Gasteiger partial charge in [-0.05, 0) is 28.1 Å². The predicted octanol–water partition coefficient (Wildman–Crippen LogP) is 2.20. The van der Waals surface area contributed by atoms with E-state index in [0.29, 0.717) is 15.8 Å². The van der Waals surface area contributed by atoms with Gasteiger partial charge in [0, 0.05) is 12.3 Å². The molecule has 0 fully saturated rings. The number of rotatable bonds is 4. The number of sulfonamides is 1. The zero-order valence-electron chi connectivity index (χ0n) is 9.61. The van der Waals surface area contributed by atoms with E-state index in [9.17, 15) is 18.5 Å². The highest BCUT2D eigenvalue weighted by Crippen LogP contribution is 2.35. The molecule has 2 heterocycles. The topological polar surface area (TPSA) is 128 Å². The van der Waals surface area contributed by atoms with Gasteiger partial charge in [0.1, 0.15) is 4.21 Å². The van der Waals surface area contributed by atoms with Gasteiger partial charge in [-0.15, -0.1) is 0 Å². The maximum Gasteiger partial charge on any atom is 0.304 e. The summed E-state index contributed by atoms with van der Waals surface area (Å²) in [5.74, 6) is 0.0853. The molecule has 2 aromatic heterocycles. The first kappa shape index (κ1) is 14.7. The number of nitrogens with one attached hydrogen (secondary N) is 1. The molecular formula is C9H7BrN4O4S2. The summed E-state index contributed by atoms with van der Waals surface area (Å²) < 4.78 is 26.6. The molecule has 0 spiro atoms. The zero-order valence-corrected chi connectivity index (χ0v) is 12.8. The lowest BCUT2D eigenvalue weighted by molar-refractivity contribution is -0.383. The number of hydrogen-bond donors (Lipinski definition) is 2. The van der Waals surface area contributed by atoms with Crippen molar-refractivity contribution in [2.45, 2.75) is 4.21 Å². The van der Waals surface area contributed by atoms with Crippen LogP contribution in [0, 0.1) is 10.1 Å². The Labute approximate surface area is 126 Å². The summed E-state index contributed by atoms with van der Waals surface area (Å²) in [6.07, 6.45) is 1.41. The van der Waals surface area contributed by atoms with E-state index in [4.69, 9.17) is 5.73 Å². The Morgan fingerprint density at radius 3 is 2.75 bits per heavy atom. The number of nitrogens with zero attached hydrogens (tertiary/aromatic N) is 2. The van der Waals surface area contributed by atoms with Crippen LogP contribution in [0.4, 0.5) is 16.5 Å². The highest BCUT2D eigenvalue weighted by Gasteiger charge is 2.25. The summed E-state index contributed by atoms with van der Waals surface area (Å²) in [6, 6.07) is 4.14. The Bertz CT molecular complexity index is 774. The minimum absolute atomic E-state index is 0.0853. The van der Waals surface area contributed by atoms with E-state index in [1.807, 2.05) is 0 Å². The van der Waals surface area contributed by atoms with Gasteiger partial charge in [0.25, 0.3) is 10.0 Å². The van der Waals surface area contributed by atoms with Crippen LogP contribution in [-0.2, 0) is 10.0 Å². The monoisotopic (exact) mass is 378 g/mol. The van der Waals surface area contributed by atoms with Crippen molar-refractivity contribution in [1.82, 2.24) is 4.98 Å². The van der Waals surface area contributed by atoms with Crippen LogP contribution in [0.2, 0.25) is 0 Å². The number of nitrogen functional groups attached to an aromatic ring is 1. The second kappa shape index (κ2) is 5.34. The summed E-state index contributed by atoms with van der Waals surface area (Å²) in [5.41, 5.74) is 4.99. The van der Waals surface area contributed by atoms with Crippen molar-refractivity contribution in [3.63, 3.8) is 0 Å². The molecular weight excluding hydrogens is 372 g/mol. The van der Waals surface area contributed by atoms with E-state index in [-0.39, 0.29) is 15.0 Å². The van der Waals surface area contributed by atoms with Gasteiger partial charge in [-0.3, -0.25) is 14.8 Å². The van der Waals surface area contributed by atoms with Crippen molar-refractivity contribution in [3.8, 4) is 0 Å². The van der Waals surface area contributed by atoms with Crippen LogP contribution in [0.25, 0.3) is 0 Å². The summed E-state index contributed by atoms with van der Waals surface area (Å²) in [7, 11) is -3.98. The van der Waals surface area contributed by atoms with Crippen molar-refractivity contribution >= 4 is 53.8 Å². The van der Waals surface area contributed by atoms with Crippen molar-refractivity contribution in [2.24, 2.45) is 0 Å². The van der Waals surface area contributed by atoms with Crippen molar-refractivity contribution in [2.75, 3.05) is 10.5 Å². The lowest BCUT2D eigenvalue weighted by Crippen LogP contribution is -2.12. The van der Waals surface area contributed by atoms with Crippen molar-refractivity contribution in [1.29, 1.82) is 0 Å². The third-order valence-electron chi connectivity index (χ3n) is 2.17. The molecule has 0 atom stereocenters. The van der Waals surface area contributed by atoms with E-state index in [0.717, 1.165) is 6.07 Å². The molecule has 8 nitrogen and oxygen atoms in total. The van der Waals surface area contributed by atoms with Crippen LogP contribution in [0.5, 0.6) is 0 Å². The predicted molar refractivity (Wildman–Crippen MR) is 78.1 cm³/mol. The first-order valence-electron chi connectivity index (χ1n) is 4.98. The molecule has 0 amide bonds. The highest BCUT2D eigenvalue weighted by atomic mass is 79.9. The number of halogens is 1. The SMILES string of the molecule is Nc1sc(S(=O)(=O)Nc2ncccc2Br)cc1[N+](=O)[O-]. The molecule has 3 N–H and O–H groups in total. The number of nitrogens with two attached hydrogens (primary N) is 1. The fraction of sp³-hybridized carbons (Fsp3) is 0. The molecule has 0 bridgehead atoms. The minimum atomic E-state index is -3.98. The molecule has 0 aliphatic rings. The number of thiophene rings is 1. The second-order valence-corrected chi connectivity index (χ2v) is 7.36. The van der Waals surface area contributed by atoms with Gasteiger partial charge in [-0.25, -0.2) is 13.4 Å². The number of anilines is 2. The van der Waals surface area contributed by atoms with Crippen LogP contribution in [0.1, 0.15) is 0 Å². The molecule has 0 aliphatic heterocycles. The number of aromatic nitrogens is 1. The first-order valence-corrected chi connectivity index (χ1v) is 8.07. The van der Waals surface area contributed by atoms with E-state index in [2.05, 4.69) is 25.6 Å². The largest absolute Gasteiger partial charge is 0.385 e. The average Bonchev–Trinajstić information content (AvgIpc) is 2.75. The van der Waals surface area contributed by atoms with Crippen LogP contribution < -0.4 is 10.5 Å². The van der Waals surface area contributed by atoms with Gasteiger partial charge in [0.15, 0.2) is 10.8 Å². The quantitative estimate of drug-likeness (QED) is 0.619. The maximum atomic E-state index is 12.1. The fourth-order valence-electron chi connectivity index (χ4n) is 1.29. The maximum absolute atomic E-state index is 12.1. The highest BCUT2D eigenvalue weighted by molar-refractivity contribution is 9.10. The Morgan fingerprint density at radius 1 is 1.50 bits per heavy atom. The van der Waals surface area contributed by atoms with Crippen LogP contribution >= 0.6 is 27.3 Å². The summed E-state index contributed by atoms with van der Waals surface area (Å²) in [4.78, 5) is 13.8. The lowest BCUT2D eigenvalue weighted by Gasteiger charge is -2.06. The zero-order chi connectivity index (χ0) is 14.9. The molecule has 0 saturated heterocycles. The summed E-state index contributed by atoms with van der Waals surface area (Å²) >= 11 is 3.76. The minimum Gasteiger partial charge on any atom is -0.385 e. The number of hydrogen-bond acceptors (Lipinski definition) is 7. The van der Waals surface area contributed by atoms with Gasteiger partial charge in [-0.1, -0.05) is 11.3 Å². The van der Waals surface area contributed by atoms with Crippen molar-refractivity contribution in [3.05, 3.63) is 39.0 Å². The molecule has 2 aromatic rings. The Balaban J connectivity index is 2.39. The van der Waals surface area contributed by atoms with Crippen molar-refractivity contribution < 1.29 is 13.3 Å². The third-order valence-corrected chi connectivity index (χ3v) is 5.57. The van der Waals surface area contributed by atoms with E-state index in [1.54, 1.807) is 12.1 Å². The molecule has 0 saturated carbocycles. The molecule has 0 aliphatic carbocycles. The number of nitro groups is 1. The first-order chi connectivity index (χ1) is 9.31. The van der Waals surface area contributed by atoms with E-state index >= 15 is 0 Å². The molecule has 20 heavy (non-hydrogen) atoms. The Hall–Kier alpha value is -1.72. The molecule has 0 radical (unpaired) electrons. The van der Waals surface area contributed by atoms with Gasteiger partial charge < -0.3 is 5.73 Å². The standard InChI is InChI=1S/C9H7BrN4O4S2/c10-5-2-1-3-12-9(5)13-20(17,18)7-4-6(14(15)16)8(11)19-7/h1-4H,11H2,(H,12,13). The van der Waals surface area contributed by atoms with E-state index in [1.165, 1.54) is 6.20 Å². The smallest absolute Gasteiger partial charge is 0.304 e. The second-order valence-electron chi connectivity index (χ2n) is 3.51. The Kier molecular flexibility index (Phi) is 3.92.